The third-order valence-corrected chi connectivity index (χ3v) is 2.57. The number of carboxylic acids is 1. The first-order valence-electron chi connectivity index (χ1n) is 5.71. The van der Waals surface area contributed by atoms with Crippen molar-refractivity contribution in [3.8, 4) is 0 Å². The van der Waals surface area contributed by atoms with Crippen LogP contribution in [0.15, 0.2) is 23.2 Å². The van der Waals surface area contributed by atoms with E-state index in [1.165, 1.54) is 6.07 Å². The van der Waals surface area contributed by atoms with Crippen LogP contribution < -0.4 is 10.6 Å². The Morgan fingerprint density at radius 2 is 2.39 bits per heavy atom. The number of carbonyl (C=O) groups is 1. The molecule has 3 N–H and O–H groups in total. The normalized spacial score (nSPS) is 13.9. The Morgan fingerprint density at radius 1 is 1.56 bits per heavy atom. The molecule has 0 amide bonds. The third kappa shape index (κ3) is 2.97. The van der Waals surface area contributed by atoms with Crippen molar-refractivity contribution in [1.29, 1.82) is 0 Å². The highest BCUT2D eigenvalue weighted by atomic mass is 19.1. The predicted molar refractivity (Wildman–Crippen MR) is 66.5 cm³/mol. The van der Waals surface area contributed by atoms with Crippen LogP contribution in [0.3, 0.4) is 0 Å². The zero-order chi connectivity index (χ0) is 13.0. The lowest BCUT2D eigenvalue weighted by molar-refractivity contribution is -0.136. The summed E-state index contributed by atoms with van der Waals surface area (Å²) >= 11 is 0. The molecule has 0 saturated heterocycles. The maximum Gasteiger partial charge on any atom is 0.305 e. The van der Waals surface area contributed by atoms with E-state index in [4.69, 9.17) is 5.11 Å². The second kappa shape index (κ2) is 5.48. The van der Waals surface area contributed by atoms with E-state index in [1.54, 1.807) is 12.1 Å². The van der Waals surface area contributed by atoms with E-state index in [9.17, 15) is 9.18 Å². The Balaban J connectivity index is 2.03. The van der Waals surface area contributed by atoms with E-state index < -0.39 is 11.8 Å². The van der Waals surface area contributed by atoms with Gasteiger partial charge >= 0.3 is 5.97 Å². The molecule has 0 aliphatic carbocycles. The Morgan fingerprint density at radius 3 is 3.00 bits per heavy atom. The quantitative estimate of drug-likeness (QED) is 0.731. The van der Waals surface area contributed by atoms with Gasteiger partial charge in [-0.25, -0.2) is 4.39 Å². The minimum atomic E-state index is -0.913. The number of rotatable bonds is 5. The van der Waals surface area contributed by atoms with Gasteiger partial charge in [0.15, 0.2) is 0 Å². The van der Waals surface area contributed by atoms with Gasteiger partial charge in [-0.3, -0.25) is 9.79 Å². The van der Waals surface area contributed by atoms with Crippen molar-refractivity contribution >= 4 is 17.5 Å². The van der Waals surface area contributed by atoms with Gasteiger partial charge in [0.25, 0.3) is 0 Å². The van der Waals surface area contributed by atoms with E-state index >= 15 is 0 Å². The molecule has 2 rings (SSSR count). The fourth-order valence-electron chi connectivity index (χ4n) is 1.70. The number of anilines is 1. The summed E-state index contributed by atoms with van der Waals surface area (Å²) in [6.07, 6.45) is -0.0462. The second-order valence-corrected chi connectivity index (χ2v) is 3.92. The van der Waals surface area contributed by atoms with Crippen LogP contribution in [-0.4, -0.2) is 36.5 Å². The Kier molecular flexibility index (Phi) is 3.76. The van der Waals surface area contributed by atoms with Crippen molar-refractivity contribution in [1.82, 2.24) is 5.32 Å². The molecular weight excluding hydrogens is 237 g/mol. The molecule has 5 nitrogen and oxygen atoms in total. The van der Waals surface area contributed by atoms with Crippen LogP contribution in [0.2, 0.25) is 0 Å². The number of carboxylic acid groups (broad SMARTS) is 1. The average molecular weight is 251 g/mol. The molecule has 1 aliphatic rings. The highest BCUT2D eigenvalue weighted by Gasteiger charge is 2.10. The van der Waals surface area contributed by atoms with E-state index in [1.807, 2.05) is 0 Å². The van der Waals surface area contributed by atoms with Crippen LogP contribution in [0.1, 0.15) is 12.0 Å². The van der Waals surface area contributed by atoms with Crippen LogP contribution in [0.5, 0.6) is 0 Å². The molecule has 18 heavy (non-hydrogen) atoms. The molecule has 0 aromatic heterocycles. The van der Waals surface area contributed by atoms with Crippen LogP contribution in [-0.2, 0) is 4.79 Å². The van der Waals surface area contributed by atoms with Crippen molar-refractivity contribution in [2.45, 2.75) is 6.42 Å². The molecule has 1 aromatic rings. The Bertz CT molecular complexity index is 488. The topological polar surface area (TPSA) is 73.7 Å². The van der Waals surface area contributed by atoms with Gasteiger partial charge < -0.3 is 15.7 Å². The van der Waals surface area contributed by atoms with E-state index in [0.717, 1.165) is 6.54 Å². The lowest BCUT2D eigenvalue weighted by Gasteiger charge is -2.08. The molecule has 0 atom stereocenters. The standard InChI is InChI=1S/C12H14FN3O2/c13-9-7-8(12-15-5-6-16-12)1-2-10(9)14-4-3-11(17)18/h1-2,7,14H,3-6H2,(H,15,16)(H,17,18). The average Bonchev–Trinajstić information content (AvgIpc) is 2.84. The molecule has 0 saturated carbocycles. The van der Waals surface area contributed by atoms with Gasteiger partial charge in [-0.05, 0) is 18.2 Å². The number of nitrogens with one attached hydrogen (secondary N) is 2. The number of aliphatic imine (C=N–C) groups is 1. The van der Waals surface area contributed by atoms with E-state index in [0.29, 0.717) is 23.6 Å². The number of hydrogen-bond donors (Lipinski definition) is 3. The molecule has 96 valence electrons. The molecule has 1 aromatic carbocycles. The van der Waals surface area contributed by atoms with Crippen molar-refractivity contribution in [2.75, 3.05) is 25.0 Å². The smallest absolute Gasteiger partial charge is 0.305 e. The fourth-order valence-corrected chi connectivity index (χ4v) is 1.70. The van der Waals surface area contributed by atoms with Crippen molar-refractivity contribution in [3.05, 3.63) is 29.6 Å². The van der Waals surface area contributed by atoms with Crippen molar-refractivity contribution in [3.63, 3.8) is 0 Å². The summed E-state index contributed by atoms with van der Waals surface area (Å²) in [5.74, 6) is -0.621. The zero-order valence-electron chi connectivity index (χ0n) is 9.74. The Labute approximate surface area is 104 Å². The molecule has 1 aliphatic heterocycles. The molecule has 6 heteroatoms. The molecular formula is C12H14FN3O2. The molecule has 0 unspecified atom stereocenters. The van der Waals surface area contributed by atoms with Gasteiger partial charge in [-0.1, -0.05) is 0 Å². The highest BCUT2D eigenvalue weighted by molar-refractivity contribution is 6.00. The summed E-state index contributed by atoms with van der Waals surface area (Å²) in [6.45, 7) is 1.68. The van der Waals surface area contributed by atoms with Gasteiger partial charge in [0.05, 0.1) is 18.7 Å². The third-order valence-electron chi connectivity index (χ3n) is 2.57. The number of halogens is 1. The molecule has 1 heterocycles. The van der Waals surface area contributed by atoms with Gasteiger partial charge in [0.2, 0.25) is 0 Å². The second-order valence-electron chi connectivity index (χ2n) is 3.92. The lowest BCUT2D eigenvalue weighted by atomic mass is 10.1. The van der Waals surface area contributed by atoms with Gasteiger partial charge in [-0.2, -0.15) is 0 Å². The summed E-state index contributed by atoms with van der Waals surface area (Å²) in [7, 11) is 0. The number of amidine groups is 1. The first-order valence-corrected chi connectivity index (χ1v) is 5.71. The number of nitrogens with zero attached hydrogens (tertiary/aromatic N) is 1. The monoisotopic (exact) mass is 251 g/mol. The fraction of sp³-hybridized carbons (Fsp3) is 0.333. The summed E-state index contributed by atoms with van der Waals surface area (Å²) in [5.41, 5.74) is 1.01. The molecule has 0 radical (unpaired) electrons. The lowest BCUT2D eigenvalue weighted by Crippen LogP contribution is -2.19. The van der Waals surface area contributed by atoms with Crippen LogP contribution in [0.25, 0.3) is 0 Å². The van der Waals surface area contributed by atoms with E-state index in [-0.39, 0.29) is 13.0 Å². The van der Waals surface area contributed by atoms with Crippen molar-refractivity contribution < 1.29 is 14.3 Å². The van der Waals surface area contributed by atoms with Crippen LogP contribution >= 0.6 is 0 Å². The molecule has 0 fully saturated rings. The zero-order valence-corrected chi connectivity index (χ0v) is 9.74. The first kappa shape index (κ1) is 12.3. The van der Waals surface area contributed by atoms with Crippen molar-refractivity contribution in [2.24, 2.45) is 4.99 Å². The minimum Gasteiger partial charge on any atom is -0.481 e. The Hall–Kier alpha value is -2.11. The van der Waals surface area contributed by atoms with Gasteiger partial charge in [-0.15, -0.1) is 0 Å². The van der Waals surface area contributed by atoms with E-state index in [2.05, 4.69) is 15.6 Å². The van der Waals surface area contributed by atoms with Gasteiger partial charge in [0.1, 0.15) is 11.7 Å². The van der Waals surface area contributed by atoms with Crippen LogP contribution in [0, 0.1) is 5.82 Å². The maximum atomic E-state index is 13.7. The number of hydrogen-bond acceptors (Lipinski definition) is 4. The van der Waals surface area contributed by atoms with Crippen LogP contribution in [0.4, 0.5) is 10.1 Å². The minimum absolute atomic E-state index is 0.0462. The first-order chi connectivity index (χ1) is 8.66. The molecule has 0 bridgehead atoms. The maximum absolute atomic E-state index is 13.7. The predicted octanol–water partition coefficient (Wildman–Crippen LogP) is 1.06. The molecule has 0 spiro atoms. The highest BCUT2D eigenvalue weighted by Crippen LogP contribution is 2.16. The largest absolute Gasteiger partial charge is 0.481 e. The number of benzene rings is 1. The SMILES string of the molecule is O=C(O)CCNc1ccc(C2=NCCN2)cc1F. The summed E-state index contributed by atoms with van der Waals surface area (Å²) in [5, 5.41) is 14.3. The van der Waals surface area contributed by atoms with Gasteiger partial charge in [0, 0.05) is 18.7 Å². The summed E-state index contributed by atoms with van der Waals surface area (Å²) in [6, 6.07) is 4.73. The summed E-state index contributed by atoms with van der Waals surface area (Å²) in [4.78, 5) is 14.5. The number of aliphatic carboxylic acids is 1. The summed E-state index contributed by atoms with van der Waals surface area (Å²) < 4.78 is 13.7.